The molecule has 0 aliphatic heterocycles. The van der Waals surface area contributed by atoms with E-state index in [0.29, 0.717) is 19.0 Å². The third-order valence-corrected chi connectivity index (χ3v) is 5.40. The lowest BCUT2D eigenvalue weighted by atomic mass is 9.84. The van der Waals surface area contributed by atoms with Gasteiger partial charge in [0, 0.05) is 25.3 Å². The van der Waals surface area contributed by atoms with Gasteiger partial charge < -0.3 is 10.3 Å². The monoisotopic (exact) mass is 300 g/mol. The Hall–Kier alpha value is -0.920. The SMILES string of the molecule is CCn1cnc(S(=O)(=O)NC(CN)C2CCCCC2)c1. The summed E-state index contributed by atoms with van der Waals surface area (Å²) in [7, 11) is -3.57. The van der Waals surface area contributed by atoms with E-state index in [1.54, 1.807) is 10.8 Å². The van der Waals surface area contributed by atoms with Crippen LogP contribution in [0, 0.1) is 5.92 Å². The molecule has 1 fully saturated rings. The third kappa shape index (κ3) is 3.59. The number of sulfonamides is 1. The standard InChI is InChI=1S/C13H24N4O2S/c1-2-17-9-13(15-10-17)20(18,19)16-12(8-14)11-6-4-3-5-7-11/h9-12,16H,2-8,14H2,1H3. The van der Waals surface area contributed by atoms with E-state index in [4.69, 9.17) is 5.73 Å². The Bertz CT molecular complexity index is 520. The van der Waals surface area contributed by atoms with Gasteiger partial charge in [-0.05, 0) is 25.7 Å². The van der Waals surface area contributed by atoms with Gasteiger partial charge in [-0.1, -0.05) is 19.3 Å². The summed E-state index contributed by atoms with van der Waals surface area (Å²) in [6.07, 6.45) is 8.74. The molecule has 0 saturated heterocycles. The van der Waals surface area contributed by atoms with Gasteiger partial charge in [0.05, 0.1) is 6.33 Å². The van der Waals surface area contributed by atoms with Gasteiger partial charge in [-0.3, -0.25) is 0 Å². The quantitative estimate of drug-likeness (QED) is 0.823. The zero-order chi connectivity index (χ0) is 14.6. The molecule has 1 heterocycles. The van der Waals surface area contributed by atoms with Crippen molar-refractivity contribution in [3.63, 3.8) is 0 Å². The first-order valence-electron chi connectivity index (χ1n) is 7.31. The molecule has 1 unspecified atom stereocenters. The Labute approximate surface area is 120 Å². The summed E-state index contributed by atoms with van der Waals surface area (Å²) in [4.78, 5) is 3.96. The molecule has 3 N–H and O–H groups in total. The molecular weight excluding hydrogens is 276 g/mol. The van der Waals surface area contributed by atoms with Crippen molar-refractivity contribution >= 4 is 10.0 Å². The average Bonchev–Trinajstić information content (AvgIpc) is 2.95. The Morgan fingerprint density at radius 1 is 1.45 bits per heavy atom. The Morgan fingerprint density at radius 3 is 2.70 bits per heavy atom. The first kappa shape index (κ1) is 15.5. The highest BCUT2D eigenvalue weighted by molar-refractivity contribution is 7.89. The molecule has 2 rings (SSSR count). The number of hydrogen-bond acceptors (Lipinski definition) is 4. The molecule has 1 atom stereocenters. The molecule has 0 aromatic carbocycles. The summed E-state index contributed by atoms with van der Waals surface area (Å²) in [6, 6.07) is -0.188. The molecule has 0 bridgehead atoms. The smallest absolute Gasteiger partial charge is 0.259 e. The molecule has 0 amide bonds. The Kier molecular flexibility index (Phi) is 5.17. The molecule has 6 nitrogen and oxygen atoms in total. The Balaban J connectivity index is 2.08. The maximum atomic E-state index is 12.3. The number of hydrogen-bond donors (Lipinski definition) is 2. The largest absolute Gasteiger partial charge is 0.336 e. The fraction of sp³-hybridized carbons (Fsp3) is 0.769. The van der Waals surface area contributed by atoms with Gasteiger partial charge in [0.2, 0.25) is 0 Å². The van der Waals surface area contributed by atoms with Gasteiger partial charge in [-0.2, -0.15) is 0 Å². The normalized spacial score (nSPS) is 19.1. The molecule has 1 aromatic rings. The van der Waals surface area contributed by atoms with Crippen LogP contribution in [0.5, 0.6) is 0 Å². The minimum atomic E-state index is -3.57. The van der Waals surface area contributed by atoms with Crippen molar-refractivity contribution in [1.82, 2.24) is 14.3 Å². The van der Waals surface area contributed by atoms with E-state index < -0.39 is 10.0 Å². The summed E-state index contributed by atoms with van der Waals surface area (Å²) < 4.78 is 29.1. The average molecular weight is 300 g/mol. The summed E-state index contributed by atoms with van der Waals surface area (Å²) >= 11 is 0. The van der Waals surface area contributed by atoms with E-state index in [9.17, 15) is 8.42 Å². The molecule has 1 saturated carbocycles. The zero-order valence-electron chi connectivity index (χ0n) is 12.0. The van der Waals surface area contributed by atoms with Crippen molar-refractivity contribution in [1.29, 1.82) is 0 Å². The van der Waals surface area contributed by atoms with Crippen LogP contribution in [-0.2, 0) is 16.6 Å². The van der Waals surface area contributed by atoms with Gasteiger partial charge in [-0.25, -0.2) is 18.1 Å². The van der Waals surface area contributed by atoms with Crippen LogP contribution < -0.4 is 10.5 Å². The minimum Gasteiger partial charge on any atom is -0.336 e. The highest BCUT2D eigenvalue weighted by atomic mass is 32.2. The number of aryl methyl sites for hydroxylation is 1. The topological polar surface area (TPSA) is 90.0 Å². The predicted octanol–water partition coefficient (Wildman–Crippen LogP) is 1.09. The van der Waals surface area contributed by atoms with Crippen LogP contribution in [0.2, 0.25) is 0 Å². The number of nitrogens with two attached hydrogens (primary N) is 1. The van der Waals surface area contributed by atoms with Crippen LogP contribution in [0.25, 0.3) is 0 Å². The van der Waals surface area contributed by atoms with Crippen LogP contribution in [0.15, 0.2) is 17.6 Å². The lowest BCUT2D eigenvalue weighted by Gasteiger charge is -2.29. The van der Waals surface area contributed by atoms with E-state index in [1.807, 2.05) is 6.92 Å². The minimum absolute atomic E-state index is 0.0774. The molecule has 20 heavy (non-hydrogen) atoms. The lowest BCUT2D eigenvalue weighted by molar-refractivity contribution is 0.294. The third-order valence-electron chi connectivity index (χ3n) is 4.03. The molecule has 1 aliphatic rings. The zero-order valence-corrected chi connectivity index (χ0v) is 12.8. The first-order valence-corrected chi connectivity index (χ1v) is 8.79. The first-order chi connectivity index (χ1) is 9.56. The fourth-order valence-corrected chi connectivity index (χ4v) is 4.05. The molecule has 1 aliphatic carbocycles. The van der Waals surface area contributed by atoms with Crippen molar-refractivity contribution in [3.05, 3.63) is 12.5 Å². The second-order valence-electron chi connectivity index (χ2n) is 5.40. The van der Waals surface area contributed by atoms with Crippen molar-refractivity contribution in [2.75, 3.05) is 6.54 Å². The van der Waals surface area contributed by atoms with Crippen LogP contribution in [0.4, 0.5) is 0 Å². The highest BCUT2D eigenvalue weighted by Crippen LogP contribution is 2.26. The molecule has 1 aromatic heterocycles. The number of nitrogens with zero attached hydrogens (tertiary/aromatic N) is 2. The predicted molar refractivity (Wildman–Crippen MR) is 77.6 cm³/mol. The van der Waals surface area contributed by atoms with Gasteiger partial charge in [0.15, 0.2) is 5.03 Å². The van der Waals surface area contributed by atoms with Crippen LogP contribution in [0.3, 0.4) is 0 Å². The summed E-state index contributed by atoms with van der Waals surface area (Å²) in [5.74, 6) is 0.344. The summed E-state index contributed by atoms with van der Waals surface area (Å²) in [6.45, 7) is 2.97. The van der Waals surface area contributed by atoms with E-state index in [0.717, 1.165) is 25.7 Å². The van der Waals surface area contributed by atoms with Crippen molar-refractivity contribution in [2.24, 2.45) is 11.7 Å². The molecule has 114 valence electrons. The molecular formula is C13H24N4O2S. The molecule has 7 heteroatoms. The number of rotatable bonds is 6. The van der Waals surface area contributed by atoms with Crippen LogP contribution in [0.1, 0.15) is 39.0 Å². The lowest BCUT2D eigenvalue weighted by Crippen LogP contribution is -2.45. The summed E-state index contributed by atoms with van der Waals surface area (Å²) in [5, 5.41) is 0.0774. The molecule has 0 radical (unpaired) electrons. The molecule has 0 spiro atoms. The summed E-state index contributed by atoms with van der Waals surface area (Å²) in [5.41, 5.74) is 5.77. The van der Waals surface area contributed by atoms with Gasteiger partial charge in [-0.15, -0.1) is 0 Å². The number of aromatic nitrogens is 2. The van der Waals surface area contributed by atoms with Crippen molar-refractivity contribution in [3.8, 4) is 0 Å². The maximum Gasteiger partial charge on any atom is 0.259 e. The number of nitrogens with one attached hydrogen (secondary N) is 1. The maximum absolute atomic E-state index is 12.3. The van der Waals surface area contributed by atoms with Gasteiger partial charge in [0.1, 0.15) is 0 Å². The van der Waals surface area contributed by atoms with Gasteiger partial charge >= 0.3 is 0 Å². The van der Waals surface area contributed by atoms with E-state index >= 15 is 0 Å². The highest BCUT2D eigenvalue weighted by Gasteiger charge is 2.28. The fourth-order valence-electron chi connectivity index (χ4n) is 2.78. The van der Waals surface area contributed by atoms with Crippen LogP contribution in [-0.4, -0.2) is 30.6 Å². The second-order valence-corrected chi connectivity index (χ2v) is 7.06. The van der Waals surface area contributed by atoms with Crippen molar-refractivity contribution < 1.29 is 8.42 Å². The van der Waals surface area contributed by atoms with Crippen LogP contribution >= 0.6 is 0 Å². The van der Waals surface area contributed by atoms with E-state index in [2.05, 4.69) is 9.71 Å². The number of imidazole rings is 1. The van der Waals surface area contributed by atoms with E-state index in [1.165, 1.54) is 12.7 Å². The van der Waals surface area contributed by atoms with E-state index in [-0.39, 0.29) is 11.1 Å². The second kappa shape index (κ2) is 6.69. The Morgan fingerprint density at radius 2 is 2.15 bits per heavy atom. The van der Waals surface area contributed by atoms with Gasteiger partial charge in [0.25, 0.3) is 10.0 Å². The van der Waals surface area contributed by atoms with Crippen molar-refractivity contribution in [2.45, 2.75) is 56.6 Å².